The van der Waals surface area contributed by atoms with Crippen molar-refractivity contribution < 1.29 is 4.42 Å². The van der Waals surface area contributed by atoms with Crippen molar-refractivity contribution in [3.63, 3.8) is 0 Å². The fourth-order valence-corrected chi connectivity index (χ4v) is 2.56. The number of hydrogen-bond donors (Lipinski definition) is 3. The molecular weight excluding hydrogens is 318 g/mol. The van der Waals surface area contributed by atoms with Crippen LogP contribution in [0, 0.1) is 0 Å². The second-order valence-electron chi connectivity index (χ2n) is 5.64. The molecule has 8 nitrogen and oxygen atoms in total. The normalized spacial score (nSPS) is 10.8. The number of nitrogens with two attached hydrogens (primary N) is 3. The monoisotopic (exact) mass is 339 g/mol. The van der Waals surface area contributed by atoms with Crippen LogP contribution < -0.4 is 22.3 Å². The number of hydrazine groups is 1. The van der Waals surface area contributed by atoms with Crippen molar-refractivity contribution in [2.45, 2.75) is 26.3 Å². The largest absolute Gasteiger partial charge is 0.463 e. The molecule has 0 aliphatic carbocycles. The number of nitrogen functional groups attached to an aromatic ring is 2. The Balaban J connectivity index is 1.89. The van der Waals surface area contributed by atoms with Gasteiger partial charge in [0.25, 0.3) is 0 Å². The van der Waals surface area contributed by atoms with E-state index in [4.69, 9.17) is 21.7 Å². The summed E-state index contributed by atoms with van der Waals surface area (Å²) < 4.78 is 5.35. The number of furan rings is 1. The summed E-state index contributed by atoms with van der Waals surface area (Å²) in [6, 6.07) is 9.37. The summed E-state index contributed by atoms with van der Waals surface area (Å²) in [4.78, 5) is 12.9. The minimum Gasteiger partial charge on any atom is -0.463 e. The first-order valence-corrected chi connectivity index (χ1v) is 8.02. The van der Waals surface area contributed by atoms with E-state index in [0.717, 1.165) is 24.2 Å². The number of anilines is 3. The molecule has 0 amide bonds. The molecule has 3 aromatic rings. The van der Waals surface area contributed by atoms with Crippen LogP contribution in [0.25, 0.3) is 11.5 Å². The second-order valence-corrected chi connectivity index (χ2v) is 5.64. The third-order valence-corrected chi connectivity index (χ3v) is 3.67. The van der Waals surface area contributed by atoms with E-state index in [1.165, 1.54) is 11.3 Å². The Kier molecular flexibility index (Phi) is 4.80. The van der Waals surface area contributed by atoms with Crippen molar-refractivity contribution in [3.8, 4) is 11.5 Å². The highest BCUT2D eigenvalue weighted by Gasteiger charge is 2.18. The third kappa shape index (κ3) is 3.69. The summed E-state index contributed by atoms with van der Waals surface area (Å²) in [6.45, 7) is 2.46. The van der Waals surface area contributed by atoms with Crippen molar-refractivity contribution >= 4 is 17.5 Å². The lowest BCUT2D eigenvalue weighted by Crippen LogP contribution is -2.32. The smallest absolute Gasteiger partial charge is 0.222 e. The highest BCUT2D eigenvalue weighted by atomic mass is 16.3. The lowest BCUT2D eigenvalue weighted by atomic mass is 10.2. The van der Waals surface area contributed by atoms with Gasteiger partial charge < -0.3 is 15.9 Å². The van der Waals surface area contributed by atoms with Gasteiger partial charge in [-0.2, -0.15) is 4.98 Å². The molecule has 0 radical (unpaired) electrons. The maximum Gasteiger partial charge on any atom is 0.222 e. The fourth-order valence-electron chi connectivity index (χ4n) is 2.56. The first kappa shape index (κ1) is 16.7. The van der Waals surface area contributed by atoms with E-state index in [2.05, 4.69) is 21.9 Å². The quantitative estimate of drug-likeness (QED) is 0.459. The highest BCUT2D eigenvalue weighted by molar-refractivity contribution is 5.79. The van der Waals surface area contributed by atoms with Gasteiger partial charge in [-0.25, -0.2) is 10.8 Å². The zero-order valence-corrected chi connectivity index (χ0v) is 14.0. The van der Waals surface area contributed by atoms with E-state index in [1.807, 2.05) is 18.2 Å². The molecule has 0 spiro atoms. The maximum atomic E-state index is 6.19. The Morgan fingerprint density at radius 1 is 1.04 bits per heavy atom. The molecule has 3 rings (SSSR count). The van der Waals surface area contributed by atoms with Crippen LogP contribution in [0.5, 0.6) is 0 Å². The number of nitrogens with zero attached hydrogens (tertiary/aromatic N) is 4. The van der Waals surface area contributed by atoms with Gasteiger partial charge in [0.2, 0.25) is 5.95 Å². The molecule has 0 aromatic carbocycles. The van der Waals surface area contributed by atoms with Crippen molar-refractivity contribution in [1.29, 1.82) is 0 Å². The Bertz CT molecular complexity index is 848. The summed E-state index contributed by atoms with van der Waals surface area (Å²) in [5.74, 6) is 7.09. The van der Waals surface area contributed by atoms with Crippen molar-refractivity contribution in [2.24, 2.45) is 5.84 Å². The van der Waals surface area contributed by atoms with Crippen LogP contribution in [0.1, 0.15) is 24.7 Å². The molecule has 0 bridgehead atoms. The van der Waals surface area contributed by atoms with Crippen LogP contribution >= 0.6 is 0 Å². The molecule has 3 aromatic heterocycles. The average molecular weight is 339 g/mol. The number of pyridine rings is 1. The standard InChI is InChI=1S/C17H21N7O/c1-2-5-11-6-3-7-12(21-11)10-24(20)16-14(18)15(22-17(19)23-16)13-8-4-9-25-13/h3-4,6-9H,2,5,10,18,20H2,1H3,(H2,19,22,23). The van der Waals surface area contributed by atoms with E-state index in [1.54, 1.807) is 12.1 Å². The molecule has 3 heterocycles. The second kappa shape index (κ2) is 7.18. The number of hydrogen-bond acceptors (Lipinski definition) is 8. The van der Waals surface area contributed by atoms with E-state index in [9.17, 15) is 0 Å². The van der Waals surface area contributed by atoms with Crippen LogP contribution in [0.2, 0.25) is 0 Å². The third-order valence-electron chi connectivity index (χ3n) is 3.67. The van der Waals surface area contributed by atoms with Gasteiger partial charge in [0, 0.05) is 5.69 Å². The summed E-state index contributed by atoms with van der Waals surface area (Å²) in [5.41, 5.74) is 14.6. The molecule has 130 valence electrons. The molecule has 0 unspecified atom stereocenters. The van der Waals surface area contributed by atoms with Gasteiger partial charge in [0.15, 0.2) is 11.6 Å². The minimum atomic E-state index is 0.0683. The fraction of sp³-hybridized carbons (Fsp3) is 0.235. The molecule has 0 aliphatic rings. The van der Waals surface area contributed by atoms with Gasteiger partial charge in [0.05, 0.1) is 18.5 Å². The lowest BCUT2D eigenvalue weighted by molar-refractivity contribution is 0.580. The molecule has 0 atom stereocenters. The van der Waals surface area contributed by atoms with Gasteiger partial charge in [-0.15, -0.1) is 0 Å². The first-order chi connectivity index (χ1) is 12.1. The molecule has 8 heteroatoms. The predicted octanol–water partition coefficient (Wildman–Crippen LogP) is 2.13. The van der Waals surface area contributed by atoms with Crippen LogP contribution in [0.3, 0.4) is 0 Å². The van der Waals surface area contributed by atoms with Gasteiger partial charge in [-0.05, 0) is 30.7 Å². The number of rotatable bonds is 6. The molecule has 6 N–H and O–H groups in total. The Morgan fingerprint density at radius 3 is 2.56 bits per heavy atom. The summed E-state index contributed by atoms with van der Waals surface area (Å²) in [7, 11) is 0. The summed E-state index contributed by atoms with van der Waals surface area (Å²) >= 11 is 0. The molecule has 0 aliphatic heterocycles. The number of aromatic nitrogens is 3. The first-order valence-electron chi connectivity index (χ1n) is 8.02. The topological polar surface area (TPSA) is 133 Å². The molecule has 0 fully saturated rings. The maximum absolute atomic E-state index is 6.19. The van der Waals surface area contributed by atoms with Crippen molar-refractivity contribution in [2.75, 3.05) is 16.5 Å². The van der Waals surface area contributed by atoms with Gasteiger partial charge in [-0.3, -0.25) is 9.99 Å². The average Bonchev–Trinajstić information content (AvgIpc) is 3.11. The van der Waals surface area contributed by atoms with E-state index in [0.29, 0.717) is 29.5 Å². The van der Waals surface area contributed by atoms with E-state index >= 15 is 0 Å². The van der Waals surface area contributed by atoms with Crippen LogP contribution in [-0.2, 0) is 13.0 Å². The van der Waals surface area contributed by atoms with Crippen molar-refractivity contribution in [3.05, 3.63) is 48.0 Å². The zero-order chi connectivity index (χ0) is 17.8. The highest BCUT2D eigenvalue weighted by Crippen LogP contribution is 2.31. The van der Waals surface area contributed by atoms with Gasteiger partial charge in [-0.1, -0.05) is 19.4 Å². The predicted molar refractivity (Wildman–Crippen MR) is 97.2 cm³/mol. The SMILES string of the molecule is CCCc1cccc(CN(N)c2nc(N)nc(-c3ccco3)c2N)n1. The lowest BCUT2D eigenvalue weighted by Gasteiger charge is -2.20. The van der Waals surface area contributed by atoms with Gasteiger partial charge >= 0.3 is 0 Å². The minimum absolute atomic E-state index is 0.0683. The molecule has 0 saturated heterocycles. The van der Waals surface area contributed by atoms with E-state index < -0.39 is 0 Å². The number of aryl methyl sites for hydroxylation is 1. The Hall–Kier alpha value is -3.13. The van der Waals surface area contributed by atoms with Crippen molar-refractivity contribution in [1.82, 2.24) is 15.0 Å². The van der Waals surface area contributed by atoms with Crippen LogP contribution in [0.15, 0.2) is 41.0 Å². The molecular formula is C17H21N7O. The summed E-state index contributed by atoms with van der Waals surface area (Å²) in [5, 5.41) is 1.41. The van der Waals surface area contributed by atoms with Crippen LogP contribution in [0.4, 0.5) is 17.5 Å². The summed E-state index contributed by atoms with van der Waals surface area (Å²) in [6.07, 6.45) is 3.49. The van der Waals surface area contributed by atoms with Crippen LogP contribution in [-0.4, -0.2) is 15.0 Å². The Morgan fingerprint density at radius 2 is 1.84 bits per heavy atom. The van der Waals surface area contributed by atoms with E-state index in [-0.39, 0.29) is 5.95 Å². The Labute approximate surface area is 145 Å². The molecule has 25 heavy (non-hydrogen) atoms. The zero-order valence-electron chi connectivity index (χ0n) is 14.0. The van der Waals surface area contributed by atoms with Gasteiger partial charge in [0.1, 0.15) is 11.4 Å². The molecule has 0 saturated carbocycles.